The third kappa shape index (κ3) is 7.86. The summed E-state index contributed by atoms with van der Waals surface area (Å²) >= 11 is 5.89. The maximum absolute atomic E-state index is 16.1. The Morgan fingerprint density at radius 3 is 2.36 bits per heavy atom. The molecule has 4 aromatic rings. The van der Waals surface area contributed by atoms with Crippen molar-refractivity contribution in [1.29, 1.82) is 0 Å². The second-order valence-electron chi connectivity index (χ2n) is 15.1. The van der Waals surface area contributed by atoms with Gasteiger partial charge in [-0.2, -0.15) is 9.40 Å². The van der Waals surface area contributed by atoms with Crippen molar-refractivity contribution in [3.63, 3.8) is 0 Å². The van der Waals surface area contributed by atoms with E-state index in [-0.39, 0.29) is 36.6 Å². The molecule has 0 atom stereocenters. The molecule has 3 amide bonds. The molecule has 0 unspecified atom stereocenters. The molecule has 2 aromatic heterocycles. The monoisotopic (exact) mass is 792 g/mol. The van der Waals surface area contributed by atoms with Crippen LogP contribution in [0.2, 0.25) is 5.02 Å². The number of benzene rings is 2. The minimum atomic E-state index is -3.63. The van der Waals surface area contributed by atoms with Crippen molar-refractivity contribution in [3.8, 4) is 0 Å². The van der Waals surface area contributed by atoms with Gasteiger partial charge in [-0.15, -0.1) is 0 Å². The summed E-state index contributed by atoms with van der Waals surface area (Å²) in [5.41, 5.74) is 1.99. The average molecular weight is 793 g/mol. The maximum atomic E-state index is 16.1. The second kappa shape index (κ2) is 15.6. The first-order valence-corrected chi connectivity index (χ1v) is 20.9. The Balaban J connectivity index is 0.820. The van der Waals surface area contributed by atoms with Gasteiger partial charge in [0.05, 0.1) is 22.3 Å². The predicted octanol–water partition coefficient (Wildman–Crippen LogP) is 4.96. The number of likely N-dealkylation sites (tertiary alicyclic amines) is 1. The number of nitrogens with zero attached hydrogens (tertiary/aromatic N) is 8. The van der Waals surface area contributed by atoms with Crippen LogP contribution in [-0.4, -0.2) is 108 Å². The quantitative estimate of drug-likeness (QED) is 0.238. The number of imide groups is 1. The van der Waals surface area contributed by atoms with Crippen molar-refractivity contribution in [2.75, 3.05) is 67.5 Å². The number of fused-ring (bicyclic) bond motifs is 1. The number of piperidine rings is 3. The normalized spacial score (nSPS) is 20.3. The van der Waals surface area contributed by atoms with Gasteiger partial charge in [0.15, 0.2) is 11.6 Å². The Hall–Kier alpha value is -4.38. The lowest BCUT2D eigenvalue weighted by Crippen LogP contribution is -2.49. The highest BCUT2D eigenvalue weighted by Gasteiger charge is 2.33. The Morgan fingerprint density at radius 2 is 1.65 bits per heavy atom. The highest BCUT2D eigenvalue weighted by atomic mass is 35.5. The number of aryl methyl sites for hydroxylation is 1. The zero-order chi connectivity index (χ0) is 38.3. The summed E-state index contributed by atoms with van der Waals surface area (Å²) in [7, 11) is -1.95. The van der Waals surface area contributed by atoms with E-state index in [1.807, 2.05) is 30.3 Å². The summed E-state index contributed by atoms with van der Waals surface area (Å²) in [5, 5.41) is 11.1. The fourth-order valence-electron chi connectivity index (χ4n) is 8.57. The molecule has 55 heavy (non-hydrogen) atoms. The third-order valence-electron chi connectivity index (χ3n) is 11.7. The molecule has 6 heterocycles. The fourth-order valence-corrected chi connectivity index (χ4v) is 10.2. The highest BCUT2D eigenvalue weighted by Crippen LogP contribution is 2.37. The van der Waals surface area contributed by atoms with Crippen LogP contribution in [0.4, 0.5) is 26.6 Å². The number of carbonyl (C=O) groups is 2. The van der Waals surface area contributed by atoms with Crippen LogP contribution < -0.4 is 20.4 Å². The van der Waals surface area contributed by atoms with Gasteiger partial charge >= 0.3 is 6.03 Å². The number of carbonyl (C=O) groups excluding carboxylic acids is 2. The van der Waals surface area contributed by atoms with Crippen LogP contribution in [0.5, 0.6) is 0 Å². The summed E-state index contributed by atoms with van der Waals surface area (Å²) in [6, 6.07) is 10.6. The van der Waals surface area contributed by atoms with Crippen LogP contribution in [0.1, 0.15) is 56.4 Å². The summed E-state index contributed by atoms with van der Waals surface area (Å²) in [4.78, 5) is 39.0. The van der Waals surface area contributed by atoms with Crippen LogP contribution in [0, 0.1) is 11.7 Å². The molecule has 292 valence electrons. The SMILES string of the molecule is Cn1nc(N2CCC(=O)NC2=O)c2ccc(C3CCN(CC4CCN(c5cccc(S(=O)(=O)N6CCC(Nc7ncc(Cl)cn7)CC6)c5)CC4)CC3)c(F)c21. The minimum Gasteiger partial charge on any atom is -0.371 e. The average Bonchev–Trinajstić information content (AvgIpc) is 3.53. The van der Waals surface area contributed by atoms with Crippen molar-refractivity contribution in [2.24, 2.45) is 13.0 Å². The summed E-state index contributed by atoms with van der Waals surface area (Å²) in [5.74, 6) is 0.857. The number of nitrogens with one attached hydrogen (secondary N) is 2. The van der Waals surface area contributed by atoms with Gasteiger partial charge in [-0.25, -0.2) is 27.6 Å². The molecule has 2 aromatic carbocycles. The molecule has 4 fully saturated rings. The number of urea groups is 1. The van der Waals surface area contributed by atoms with Crippen LogP contribution in [-0.2, 0) is 21.9 Å². The van der Waals surface area contributed by atoms with E-state index in [0.29, 0.717) is 70.0 Å². The maximum Gasteiger partial charge on any atom is 0.329 e. The number of amides is 3. The van der Waals surface area contributed by atoms with Gasteiger partial charge in [0.25, 0.3) is 0 Å². The zero-order valence-electron chi connectivity index (χ0n) is 30.8. The van der Waals surface area contributed by atoms with E-state index in [1.165, 1.54) is 22.0 Å². The Morgan fingerprint density at radius 1 is 0.927 bits per heavy atom. The van der Waals surface area contributed by atoms with Crippen LogP contribution in [0.25, 0.3) is 10.9 Å². The van der Waals surface area contributed by atoms with E-state index in [2.05, 4.69) is 35.5 Å². The summed E-state index contributed by atoms with van der Waals surface area (Å²) < 4.78 is 46.5. The first-order valence-electron chi connectivity index (χ1n) is 19.1. The molecular weight excluding hydrogens is 747 g/mol. The summed E-state index contributed by atoms with van der Waals surface area (Å²) in [6.45, 7) is 5.55. The molecular formula is C38H46ClFN10O4S. The van der Waals surface area contributed by atoms with Crippen LogP contribution >= 0.6 is 11.6 Å². The van der Waals surface area contributed by atoms with Crippen LogP contribution in [0.3, 0.4) is 0 Å². The van der Waals surface area contributed by atoms with Gasteiger partial charge in [-0.1, -0.05) is 23.7 Å². The fraction of sp³-hybridized carbons (Fsp3) is 0.500. The smallest absolute Gasteiger partial charge is 0.329 e. The largest absolute Gasteiger partial charge is 0.371 e. The molecule has 17 heteroatoms. The Kier molecular flexibility index (Phi) is 10.7. The molecule has 4 aliphatic heterocycles. The molecule has 4 saturated heterocycles. The van der Waals surface area contributed by atoms with E-state index in [4.69, 9.17) is 11.6 Å². The number of hydrogen-bond donors (Lipinski definition) is 2. The lowest BCUT2D eigenvalue weighted by molar-refractivity contribution is -0.120. The lowest BCUT2D eigenvalue weighted by atomic mass is 9.87. The van der Waals surface area contributed by atoms with Crippen molar-refractivity contribution < 1.29 is 22.4 Å². The van der Waals surface area contributed by atoms with Crippen molar-refractivity contribution in [1.82, 2.24) is 34.3 Å². The minimum absolute atomic E-state index is 0.0827. The Bertz CT molecular complexity index is 2160. The molecule has 0 spiro atoms. The topological polar surface area (TPSA) is 149 Å². The Labute approximate surface area is 325 Å². The van der Waals surface area contributed by atoms with Gasteiger partial charge in [0, 0.05) is 69.9 Å². The first kappa shape index (κ1) is 37.5. The van der Waals surface area contributed by atoms with E-state index < -0.39 is 16.1 Å². The van der Waals surface area contributed by atoms with Gasteiger partial charge in [0.2, 0.25) is 21.9 Å². The van der Waals surface area contributed by atoms with E-state index in [0.717, 1.165) is 64.1 Å². The standard InChI is InChI=1S/C38H46ClFN10O4S/c1-46-35-32(36(45-46)50-20-13-33(51)44-38(50)52)6-5-31(34(35)40)26-9-14-47(15-10-26)24-25-7-16-48(17-8-25)29-3-2-4-30(21-29)55(53,54)49-18-11-28(12-19-49)43-37-41-22-27(39)23-42-37/h2-6,21-23,25-26,28H,7-20,24H2,1H3,(H,41,42,43)(H,44,51,52). The number of halogens is 2. The number of aromatic nitrogens is 4. The number of anilines is 3. The predicted molar refractivity (Wildman–Crippen MR) is 208 cm³/mol. The number of rotatable bonds is 9. The number of sulfonamides is 1. The molecule has 8 rings (SSSR count). The van der Waals surface area contributed by atoms with E-state index >= 15 is 4.39 Å². The molecule has 4 aliphatic rings. The molecule has 0 bridgehead atoms. The van der Waals surface area contributed by atoms with E-state index in [1.54, 1.807) is 17.4 Å². The van der Waals surface area contributed by atoms with Gasteiger partial charge < -0.3 is 15.1 Å². The molecule has 2 N–H and O–H groups in total. The lowest BCUT2D eigenvalue weighted by Gasteiger charge is -2.38. The van der Waals surface area contributed by atoms with Gasteiger partial charge in [0.1, 0.15) is 5.52 Å². The molecule has 0 radical (unpaired) electrons. The van der Waals surface area contributed by atoms with Crippen molar-refractivity contribution >= 4 is 61.9 Å². The second-order valence-corrected chi connectivity index (χ2v) is 17.5. The number of hydrogen-bond acceptors (Lipinski definition) is 10. The zero-order valence-corrected chi connectivity index (χ0v) is 32.4. The van der Waals surface area contributed by atoms with Gasteiger partial charge in [-0.05, 0) is 93.3 Å². The van der Waals surface area contributed by atoms with Crippen LogP contribution in [0.15, 0.2) is 53.7 Å². The van der Waals surface area contributed by atoms with Crippen molar-refractivity contribution in [3.05, 3.63) is 65.2 Å². The molecule has 0 aliphatic carbocycles. The molecule has 14 nitrogen and oxygen atoms in total. The first-order chi connectivity index (χ1) is 26.5. The highest BCUT2D eigenvalue weighted by molar-refractivity contribution is 7.89. The summed E-state index contributed by atoms with van der Waals surface area (Å²) in [6.07, 6.45) is 8.31. The van der Waals surface area contributed by atoms with Crippen molar-refractivity contribution in [2.45, 2.75) is 61.8 Å². The molecule has 0 saturated carbocycles. The van der Waals surface area contributed by atoms with E-state index in [9.17, 15) is 18.0 Å². The van der Waals surface area contributed by atoms with Gasteiger partial charge in [-0.3, -0.25) is 19.7 Å². The third-order valence-corrected chi connectivity index (χ3v) is 13.7.